The van der Waals surface area contributed by atoms with Gasteiger partial charge in [0, 0.05) is 49.7 Å². The van der Waals surface area contributed by atoms with Gasteiger partial charge in [0.15, 0.2) is 11.5 Å². The molecule has 142 valence electrons. The Balaban J connectivity index is 1.72. The van der Waals surface area contributed by atoms with Crippen LogP contribution in [-0.4, -0.2) is 67.5 Å². The van der Waals surface area contributed by atoms with E-state index >= 15 is 0 Å². The number of nitrogens with zero attached hydrogens (tertiary/aromatic N) is 3. The molecule has 8 nitrogen and oxygen atoms in total. The van der Waals surface area contributed by atoms with Crippen LogP contribution < -0.4 is 14.8 Å². The van der Waals surface area contributed by atoms with Gasteiger partial charge >= 0.3 is 0 Å². The predicted octanol–water partition coefficient (Wildman–Crippen LogP) is 1.76. The number of hydrogen-bond donors (Lipinski definition) is 1. The minimum Gasteiger partial charge on any atom is -0.493 e. The third kappa shape index (κ3) is 4.28. The summed E-state index contributed by atoms with van der Waals surface area (Å²) in [5.74, 6) is 1.72. The van der Waals surface area contributed by atoms with E-state index in [0.717, 1.165) is 12.1 Å². The molecular formula is C19H22N4O4. The van der Waals surface area contributed by atoms with Crippen molar-refractivity contribution in [3.63, 3.8) is 0 Å². The van der Waals surface area contributed by atoms with Gasteiger partial charge in [-0.1, -0.05) is 0 Å². The Morgan fingerprint density at radius 3 is 2.48 bits per heavy atom. The number of carbonyl (C=O) groups excluding carboxylic acids is 2. The Kier molecular flexibility index (Phi) is 5.75. The number of carbonyl (C=O) groups is 2. The van der Waals surface area contributed by atoms with E-state index in [4.69, 9.17) is 9.47 Å². The first-order chi connectivity index (χ1) is 13.1. The van der Waals surface area contributed by atoms with E-state index in [-0.39, 0.29) is 5.91 Å². The van der Waals surface area contributed by atoms with Crippen LogP contribution in [0.5, 0.6) is 11.5 Å². The summed E-state index contributed by atoms with van der Waals surface area (Å²) in [6, 6.07) is 8.84. The van der Waals surface area contributed by atoms with E-state index in [0.29, 0.717) is 49.1 Å². The number of methoxy groups -OCH3 is 2. The number of amides is 2. The minimum atomic E-state index is -0.0710. The predicted molar refractivity (Wildman–Crippen MR) is 101 cm³/mol. The Bertz CT molecular complexity index is 819. The zero-order valence-corrected chi connectivity index (χ0v) is 15.3. The van der Waals surface area contributed by atoms with Gasteiger partial charge in [-0.15, -0.1) is 0 Å². The van der Waals surface area contributed by atoms with Crippen molar-refractivity contribution in [2.24, 2.45) is 0 Å². The highest BCUT2D eigenvalue weighted by Crippen LogP contribution is 2.30. The molecular weight excluding hydrogens is 348 g/mol. The standard InChI is InChI=1S/C19H22N4O4/c1-26-16-4-3-15(12-17(16)27-2)21-18-11-14(5-6-20-18)19(25)23-9-7-22(13-24)8-10-23/h3-6,11-13H,7-10H2,1-2H3,(H,20,21). The molecule has 0 bridgehead atoms. The molecule has 2 aromatic rings. The van der Waals surface area contributed by atoms with Crippen molar-refractivity contribution >= 4 is 23.8 Å². The molecule has 1 aliphatic heterocycles. The first-order valence-electron chi connectivity index (χ1n) is 8.58. The lowest BCUT2D eigenvalue weighted by Gasteiger charge is -2.32. The number of rotatable bonds is 6. The van der Waals surface area contributed by atoms with E-state index < -0.39 is 0 Å². The number of hydrogen-bond acceptors (Lipinski definition) is 6. The molecule has 8 heteroatoms. The highest BCUT2D eigenvalue weighted by atomic mass is 16.5. The fourth-order valence-corrected chi connectivity index (χ4v) is 2.91. The molecule has 2 amide bonds. The number of nitrogens with one attached hydrogen (secondary N) is 1. The number of benzene rings is 1. The molecule has 1 aromatic carbocycles. The molecule has 2 heterocycles. The summed E-state index contributed by atoms with van der Waals surface area (Å²) in [6.45, 7) is 2.16. The molecule has 0 radical (unpaired) electrons. The van der Waals surface area contributed by atoms with Crippen LogP contribution in [0.3, 0.4) is 0 Å². The lowest BCUT2D eigenvalue weighted by Crippen LogP contribution is -2.48. The van der Waals surface area contributed by atoms with Crippen molar-refractivity contribution in [1.29, 1.82) is 0 Å². The number of piperazine rings is 1. The summed E-state index contributed by atoms with van der Waals surface area (Å²) in [5.41, 5.74) is 1.32. The maximum absolute atomic E-state index is 12.7. The second kappa shape index (κ2) is 8.39. The second-order valence-corrected chi connectivity index (χ2v) is 6.06. The Morgan fingerprint density at radius 1 is 1.07 bits per heavy atom. The normalized spacial score (nSPS) is 13.9. The Labute approximate surface area is 157 Å². The monoisotopic (exact) mass is 370 g/mol. The van der Waals surface area contributed by atoms with Crippen molar-refractivity contribution in [2.45, 2.75) is 0 Å². The maximum atomic E-state index is 12.7. The van der Waals surface area contributed by atoms with Crippen molar-refractivity contribution < 1.29 is 19.1 Å². The molecule has 0 atom stereocenters. The van der Waals surface area contributed by atoms with E-state index in [1.54, 1.807) is 54.5 Å². The largest absolute Gasteiger partial charge is 0.493 e. The molecule has 0 unspecified atom stereocenters. The smallest absolute Gasteiger partial charge is 0.254 e. The first-order valence-corrected chi connectivity index (χ1v) is 8.58. The molecule has 27 heavy (non-hydrogen) atoms. The van der Waals surface area contributed by atoms with Crippen LogP contribution in [0.1, 0.15) is 10.4 Å². The maximum Gasteiger partial charge on any atom is 0.254 e. The fourth-order valence-electron chi connectivity index (χ4n) is 2.91. The Morgan fingerprint density at radius 2 is 1.81 bits per heavy atom. The van der Waals surface area contributed by atoms with Crippen LogP contribution in [0.15, 0.2) is 36.5 Å². The highest BCUT2D eigenvalue weighted by Gasteiger charge is 2.21. The summed E-state index contributed by atoms with van der Waals surface area (Å²) in [5, 5.41) is 3.17. The number of pyridine rings is 1. The zero-order valence-electron chi connectivity index (χ0n) is 15.3. The molecule has 1 N–H and O–H groups in total. The molecule has 0 aliphatic carbocycles. The summed E-state index contributed by atoms with van der Waals surface area (Å²) in [6.07, 6.45) is 2.41. The molecule has 0 spiro atoms. The van der Waals surface area contributed by atoms with Crippen molar-refractivity contribution in [1.82, 2.24) is 14.8 Å². The minimum absolute atomic E-state index is 0.0710. The van der Waals surface area contributed by atoms with Gasteiger partial charge in [-0.25, -0.2) is 4.98 Å². The van der Waals surface area contributed by atoms with E-state index in [1.807, 2.05) is 6.07 Å². The fraction of sp³-hybridized carbons (Fsp3) is 0.316. The van der Waals surface area contributed by atoms with Crippen LogP contribution in [-0.2, 0) is 4.79 Å². The summed E-state index contributed by atoms with van der Waals surface area (Å²) in [4.78, 5) is 31.2. The van der Waals surface area contributed by atoms with Crippen LogP contribution in [0.4, 0.5) is 11.5 Å². The summed E-state index contributed by atoms with van der Waals surface area (Å²) in [7, 11) is 3.15. The molecule has 0 saturated carbocycles. The average Bonchev–Trinajstić information content (AvgIpc) is 2.73. The summed E-state index contributed by atoms with van der Waals surface area (Å²) >= 11 is 0. The topological polar surface area (TPSA) is 84.0 Å². The SMILES string of the molecule is COc1ccc(Nc2cc(C(=O)N3CCN(C=O)CC3)ccn2)cc1OC. The molecule has 1 fully saturated rings. The summed E-state index contributed by atoms with van der Waals surface area (Å²) < 4.78 is 10.5. The average molecular weight is 370 g/mol. The molecule has 1 saturated heterocycles. The third-order valence-electron chi connectivity index (χ3n) is 4.41. The molecule has 1 aromatic heterocycles. The number of anilines is 2. The van der Waals surface area contributed by atoms with E-state index in [2.05, 4.69) is 10.3 Å². The lowest BCUT2D eigenvalue weighted by atomic mass is 10.2. The van der Waals surface area contributed by atoms with E-state index in [9.17, 15) is 9.59 Å². The van der Waals surface area contributed by atoms with Gasteiger partial charge in [-0.3, -0.25) is 9.59 Å². The van der Waals surface area contributed by atoms with Gasteiger partial charge in [0.05, 0.1) is 14.2 Å². The van der Waals surface area contributed by atoms with Gasteiger partial charge < -0.3 is 24.6 Å². The van der Waals surface area contributed by atoms with Crippen molar-refractivity contribution in [3.05, 3.63) is 42.1 Å². The van der Waals surface area contributed by atoms with Crippen LogP contribution in [0, 0.1) is 0 Å². The van der Waals surface area contributed by atoms with Gasteiger partial charge in [-0.2, -0.15) is 0 Å². The van der Waals surface area contributed by atoms with E-state index in [1.165, 1.54) is 0 Å². The van der Waals surface area contributed by atoms with Crippen LogP contribution in [0.2, 0.25) is 0 Å². The van der Waals surface area contributed by atoms with Gasteiger partial charge in [-0.05, 0) is 24.3 Å². The van der Waals surface area contributed by atoms with Crippen LogP contribution in [0.25, 0.3) is 0 Å². The second-order valence-electron chi connectivity index (χ2n) is 6.06. The van der Waals surface area contributed by atoms with Crippen molar-refractivity contribution in [3.8, 4) is 11.5 Å². The highest BCUT2D eigenvalue weighted by molar-refractivity contribution is 5.95. The van der Waals surface area contributed by atoms with Gasteiger partial charge in [0.25, 0.3) is 5.91 Å². The number of aromatic nitrogens is 1. The third-order valence-corrected chi connectivity index (χ3v) is 4.41. The number of ether oxygens (including phenoxy) is 2. The van der Waals surface area contributed by atoms with Crippen LogP contribution >= 0.6 is 0 Å². The van der Waals surface area contributed by atoms with Gasteiger partial charge in [0.1, 0.15) is 5.82 Å². The first kappa shape index (κ1) is 18.5. The zero-order chi connectivity index (χ0) is 19.2. The molecule has 3 rings (SSSR count). The van der Waals surface area contributed by atoms with Gasteiger partial charge in [0.2, 0.25) is 6.41 Å². The van der Waals surface area contributed by atoms with Crippen molar-refractivity contribution in [2.75, 3.05) is 45.7 Å². The lowest BCUT2D eigenvalue weighted by molar-refractivity contribution is -0.119. The molecule has 1 aliphatic rings. The quantitative estimate of drug-likeness (QED) is 0.780. The Hall–Kier alpha value is -3.29.